The number of rotatable bonds is 5. The number of carbonyl (C=O) groups excluding carboxylic acids is 1. The summed E-state index contributed by atoms with van der Waals surface area (Å²) in [5.74, 6) is -1.43. The fourth-order valence-corrected chi connectivity index (χ4v) is 3.93. The van der Waals surface area contributed by atoms with Gasteiger partial charge in [-0.15, -0.1) is 0 Å². The van der Waals surface area contributed by atoms with Gasteiger partial charge in [-0.3, -0.25) is 9.69 Å². The first-order valence-electron chi connectivity index (χ1n) is 7.65. The van der Waals surface area contributed by atoms with Crippen molar-refractivity contribution in [3.8, 4) is 0 Å². The van der Waals surface area contributed by atoms with Crippen LogP contribution in [0.25, 0.3) is 6.08 Å². The number of amides is 1. The quantitative estimate of drug-likeness (QED) is 0.645. The molecule has 1 amide bonds. The second-order valence-corrected chi connectivity index (χ2v) is 7.18. The van der Waals surface area contributed by atoms with Crippen LogP contribution >= 0.6 is 24.0 Å². The van der Waals surface area contributed by atoms with Crippen LogP contribution in [0.4, 0.5) is 0 Å². The molecule has 0 spiro atoms. The van der Waals surface area contributed by atoms with Crippen LogP contribution in [0, 0.1) is 0 Å². The first-order valence-corrected chi connectivity index (χ1v) is 8.87. The topological polar surface area (TPSA) is 57.6 Å². The largest absolute Gasteiger partial charge is 0.480 e. The van der Waals surface area contributed by atoms with Crippen molar-refractivity contribution in [3.63, 3.8) is 0 Å². The summed E-state index contributed by atoms with van der Waals surface area (Å²) in [4.78, 5) is 26.2. The maximum atomic E-state index is 12.7. The summed E-state index contributed by atoms with van der Waals surface area (Å²) in [5.41, 5.74) is 1.72. The molecule has 0 bridgehead atoms. The first-order chi connectivity index (χ1) is 12.1. The smallest absolute Gasteiger partial charge is 0.327 e. The zero-order chi connectivity index (χ0) is 17.8. The molecule has 1 unspecified atom stereocenters. The van der Waals surface area contributed by atoms with Crippen LogP contribution in [0.5, 0.6) is 0 Å². The summed E-state index contributed by atoms with van der Waals surface area (Å²) in [6.45, 7) is 0. The van der Waals surface area contributed by atoms with Crippen molar-refractivity contribution in [2.24, 2.45) is 0 Å². The van der Waals surface area contributed by atoms with Crippen LogP contribution < -0.4 is 0 Å². The van der Waals surface area contributed by atoms with Crippen LogP contribution in [-0.4, -0.2) is 32.2 Å². The molecule has 6 heteroatoms. The summed E-state index contributed by atoms with van der Waals surface area (Å²) in [5, 5.41) is 9.62. The van der Waals surface area contributed by atoms with E-state index in [1.807, 2.05) is 60.7 Å². The number of aliphatic carboxylic acids is 1. The first kappa shape index (κ1) is 17.4. The lowest BCUT2D eigenvalue weighted by molar-refractivity contribution is -0.145. The van der Waals surface area contributed by atoms with Gasteiger partial charge in [-0.2, -0.15) is 0 Å². The van der Waals surface area contributed by atoms with Crippen molar-refractivity contribution < 1.29 is 14.7 Å². The molecule has 1 aliphatic rings. The van der Waals surface area contributed by atoms with Crippen molar-refractivity contribution in [3.05, 3.63) is 76.7 Å². The van der Waals surface area contributed by atoms with E-state index in [0.717, 1.165) is 22.9 Å². The number of thiocarbonyl (C=S) groups is 1. The fourth-order valence-electron chi connectivity index (χ4n) is 2.58. The van der Waals surface area contributed by atoms with Crippen molar-refractivity contribution in [1.82, 2.24) is 4.90 Å². The Morgan fingerprint density at radius 3 is 2.32 bits per heavy atom. The standard InChI is InChI=1S/C19H15NO3S2/c21-17-16(12-14-9-5-2-6-10-14)25-19(24)20(17)15(18(22)23)11-13-7-3-1-4-8-13/h1-10,12,15H,11H2,(H,22,23)/b16-12+. The van der Waals surface area contributed by atoms with E-state index >= 15 is 0 Å². The third kappa shape index (κ3) is 3.97. The van der Waals surface area contributed by atoms with Crippen LogP contribution in [0.3, 0.4) is 0 Å². The zero-order valence-electron chi connectivity index (χ0n) is 13.2. The molecule has 1 saturated heterocycles. The summed E-state index contributed by atoms with van der Waals surface area (Å²) in [6.07, 6.45) is 1.95. The highest BCUT2D eigenvalue weighted by Gasteiger charge is 2.40. The minimum absolute atomic E-state index is 0.210. The van der Waals surface area contributed by atoms with Crippen LogP contribution in [0.15, 0.2) is 65.6 Å². The number of carboxylic acid groups (broad SMARTS) is 1. The molecule has 1 heterocycles. The minimum Gasteiger partial charge on any atom is -0.480 e. The second kappa shape index (κ2) is 7.63. The zero-order valence-corrected chi connectivity index (χ0v) is 14.8. The molecular weight excluding hydrogens is 354 g/mol. The number of carbonyl (C=O) groups is 2. The molecule has 1 atom stereocenters. The second-order valence-electron chi connectivity index (χ2n) is 5.51. The van der Waals surface area contributed by atoms with Gasteiger partial charge in [0.25, 0.3) is 5.91 Å². The molecule has 2 aromatic rings. The molecule has 1 aliphatic heterocycles. The number of thioether (sulfide) groups is 1. The predicted molar refractivity (Wildman–Crippen MR) is 103 cm³/mol. The Bertz CT molecular complexity index is 834. The molecule has 1 N–H and O–H groups in total. The number of carboxylic acids is 1. The molecule has 1 fully saturated rings. The monoisotopic (exact) mass is 369 g/mol. The van der Waals surface area contributed by atoms with E-state index in [9.17, 15) is 14.7 Å². The van der Waals surface area contributed by atoms with Gasteiger partial charge in [0.1, 0.15) is 10.4 Å². The lowest BCUT2D eigenvalue weighted by atomic mass is 10.0. The van der Waals surface area contributed by atoms with Crippen molar-refractivity contribution in [2.75, 3.05) is 0 Å². The van der Waals surface area contributed by atoms with Crippen LogP contribution in [0.2, 0.25) is 0 Å². The minimum atomic E-state index is -1.07. The van der Waals surface area contributed by atoms with Crippen LogP contribution in [-0.2, 0) is 16.0 Å². The van der Waals surface area contributed by atoms with Crippen molar-refractivity contribution in [2.45, 2.75) is 12.5 Å². The number of nitrogens with zero attached hydrogens (tertiary/aromatic N) is 1. The van der Waals surface area contributed by atoms with Gasteiger partial charge in [0.05, 0.1) is 4.91 Å². The van der Waals surface area contributed by atoms with E-state index in [-0.39, 0.29) is 16.6 Å². The maximum absolute atomic E-state index is 12.7. The third-order valence-corrected chi connectivity index (χ3v) is 5.12. The Morgan fingerprint density at radius 2 is 1.72 bits per heavy atom. The molecule has 4 nitrogen and oxygen atoms in total. The van der Waals surface area contributed by atoms with Gasteiger partial charge >= 0.3 is 5.97 Å². The van der Waals surface area contributed by atoms with Gasteiger partial charge in [-0.1, -0.05) is 84.6 Å². The lowest BCUT2D eigenvalue weighted by Crippen LogP contribution is -2.45. The van der Waals surface area contributed by atoms with Crippen molar-refractivity contribution in [1.29, 1.82) is 0 Å². The van der Waals surface area contributed by atoms with E-state index < -0.39 is 12.0 Å². The van der Waals surface area contributed by atoms with Crippen molar-refractivity contribution >= 4 is 46.3 Å². The van der Waals surface area contributed by atoms with Crippen LogP contribution in [0.1, 0.15) is 11.1 Å². The summed E-state index contributed by atoms with van der Waals surface area (Å²) >= 11 is 6.42. The summed E-state index contributed by atoms with van der Waals surface area (Å²) in [7, 11) is 0. The highest BCUT2D eigenvalue weighted by atomic mass is 32.2. The van der Waals surface area contributed by atoms with Gasteiger partial charge in [-0.25, -0.2) is 4.79 Å². The Balaban J connectivity index is 1.87. The Hall–Kier alpha value is -2.44. The van der Waals surface area contributed by atoms with E-state index in [0.29, 0.717) is 4.91 Å². The van der Waals surface area contributed by atoms with Gasteiger partial charge < -0.3 is 5.11 Å². The van der Waals surface area contributed by atoms with E-state index in [1.54, 1.807) is 6.08 Å². The van der Waals surface area contributed by atoms with Gasteiger partial charge in [0, 0.05) is 6.42 Å². The lowest BCUT2D eigenvalue weighted by Gasteiger charge is -2.23. The van der Waals surface area contributed by atoms with Gasteiger partial charge in [-0.05, 0) is 17.2 Å². The summed E-state index contributed by atoms with van der Waals surface area (Å²) < 4.78 is 0.274. The molecule has 0 saturated carbocycles. The third-order valence-electron chi connectivity index (χ3n) is 3.79. The molecule has 2 aromatic carbocycles. The molecule has 25 heavy (non-hydrogen) atoms. The maximum Gasteiger partial charge on any atom is 0.327 e. The summed E-state index contributed by atoms with van der Waals surface area (Å²) in [6, 6.07) is 17.6. The Kier molecular flexibility index (Phi) is 5.31. The number of benzene rings is 2. The average molecular weight is 369 g/mol. The highest BCUT2D eigenvalue weighted by Crippen LogP contribution is 2.34. The molecule has 126 valence electrons. The molecule has 0 radical (unpaired) electrons. The highest BCUT2D eigenvalue weighted by molar-refractivity contribution is 8.26. The number of hydrogen-bond acceptors (Lipinski definition) is 4. The molecular formula is C19H15NO3S2. The van der Waals surface area contributed by atoms with Gasteiger partial charge in [0.2, 0.25) is 0 Å². The van der Waals surface area contributed by atoms with E-state index in [1.165, 1.54) is 4.90 Å². The number of hydrogen-bond donors (Lipinski definition) is 1. The predicted octanol–water partition coefficient (Wildman–Crippen LogP) is 3.58. The SMILES string of the molecule is O=C(O)C(Cc1ccccc1)N1C(=O)/C(=C\c2ccccc2)SC1=S. The Morgan fingerprint density at radius 1 is 1.12 bits per heavy atom. The van der Waals surface area contributed by atoms with E-state index in [4.69, 9.17) is 12.2 Å². The fraction of sp³-hybridized carbons (Fsp3) is 0.105. The van der Waals surface area contributed by atoms with E-state index in [2.05, 4.69) is 0 Å². The molecule has 0 aliphatic carbocycles. The molecule has 3 rings (SSSR count). The average Bonchev–Trinajstić information content (AvgIpc) is 2.88. The normalized spacial score (nSPS) is 17.1. The Labute approximate surface area is 155 Å². The van der Waals surface area contributed by atoms with Gasteiger partial charge in [0.15, 0.2) is 0 Å². The molecule has 0 aromatic heterocycles.